The number of rotatable bonds is 7. The minimum Gasteiger partial charge on any atom is -0.493 e. The Morgan fingerprint density at radius 1 is 1.33 bits per heavy atom. The van der Waals surface area contributed by atoms with Gasteiger partial charge in [-0.05, 0) is 50.8 Å². The molecule has 1 atom stereocenters. The molecule has 0 aliphatic rings. The van der Waals surface area contributed by atoms with E-state index in [0.29, 0.717) is 23.5 Å². The van der Waals surface area contributed by atoms with E-state index < -0.39 is 0 Å². The topological polar surface area (TPSA) is 55.5 Å². The van der Waals surface area contributed by atoms with Crippen LogP contribution in [0.15, 0.2) is 12.1 Å². The molecule has 0 spiro atoms. The number of halogens is 1. The van der Waals surface area contributed by atoms with Crippen LogP contribution in [0.4, 0.5) is 4.39 Å². The molecule has 1 aromatic carbocycles. The van der Waals surface area contributed by atoms with Gasteiger partial charge in [-0.2, -0.15) is 0 Å². The van der Waals surface area contributed by atoms with Gasteiger partial charge < -0.3 is 15.6 Å². The molecule has 0 bridgehead atoms. The smallest absolute Gasteiger partial charge is 0.126 e. The highest BCUT2D eigenvalue weighted by Gasteiger charge is 2.11. The summed E-state index contributed by atoms with van der Waals surface area (Å²) < 4.78 is 19.1. The van der Waals surface area contributed by atoms with Gasteiger partial charge in [0.1, 0.15) is 11.6 Å². The van der Waals surface area contributed by atoms with Gasteiger partial charge in [0, 0.05) is 18.2 Å². The van der Waals surface area contributed by atoms with Gasteiger partial charge in [0.2, 0.25) is 0 Å². The number of aliphatic hydroxyl groups excluding tert-OH is 1. The Morgan fingerprint density at radius 3 is 2.67 bits per heavy atom. The summed E-state index contributed by atoms with van der Waals surface area (Å²) in [5, 5.41) is 8.67. The van der Waals surface area contributed by atoms with Crippen molar-refractivity contribution in [2.24, 2.45) is 5.73 Å². The summed E-state index contributed by atoms with van der Waals surface area (Å²) in [6, 6.07) is 2.89. The van der Waals surface area contributed by atoms with Crippen LogP contribution in [-0.2, 0) is 0 Å². The number of unbranched alkanes of at least 4 members (excludes halogenated alkanes) is 2. The average molecular weight is 255 g/mol. The second kappa shape index (κ2) is 7.34. The summed E-state index contributed by atoms with van der Waals surface area (Å²) in [4.78, 5) is 0. The van der Waals surface area contributed by atoms with Crippen molar-refractivity contribution in [1.82, 2.24) is 0 Å². The number of hydrogen-bond acceptors (Lipinski definition) is 3. The molecule has 1 rings (SSSR count). The van der Waals surface area contributed by atoms with E-state index in [9.17, 15) is 4.39 Å². The molecule has 0 amide bonds. The van der Waals surface area contributed by atoms with E-state index in [-0.39, 0.29) is 18.5 Å². The molecule has 0 saturated carbocycles. The standard InChI is InChI=1S/C14H22FNO2/c1-10-8-14(18-7-5-3-4-6-17)12(11(2)16)9-13(10)15/h8-9,11,17H,3-7,16H2,1-2H3. The Morgan fingerprint density at radius 2 is 2.06 bits per heavy atom. The van der Waals surface area contributed by atoms with Crippen molar-refractivity contribution in [1.29, 1.82) is 0 Å². The first-order valence-corrected chi connectivity index (χ1v) is 6.35. The minimum absolute atomic E-state index is 0.209. The molecule has 0 aliphatic heterocycles. The Bertz CT molecular complexity index is 380. The van der Waals surface area contributed by atoms with Crippen LogP contribution >= 0.6 is 0 Å². The van der Waals surface area contributed by atoms with Gasteiger partial charge in [0.25, 0.3) is 0 Å². The summed E-state index contributed by atoms with van der Waals surface area (Å²) in [6.45, 7) is 4.28. The Hall–Kier alpha value is -1.13. The molecule has 3 nitrogen and oxygen atoms in total. The summed E-state index contributed by atoms with van der Waals surface area (Å²) in [5.41, 5.74) is 7.06. The van der Waals surface area contributed by atoms with Crippen molar-refractivity contribution >= 4 is 0 Å². The van der Waals surface area contributed by atoms with Gasteiger partial charge in [-0.3, -0.25) is 0 Å². The van der Waals surface area contributed by atoms with Gasteiger partial charge >= 0.3 is 0 Å². The monoisotopic (exact) mass is 255 g/mol. The van der Waals surface area contributed by atoms with E-state index in [0.717, 1.165) is 19.3 Å². The van der Waals surface area contributed by atoms with Crippen molar-refractivity contribution in [3.05, 3.63) is 29.1 Å². The number of aliphatic hydroxyl groups is 1. The first-order valence-electron chi connectivity index (χ1n) is 6.35. The van der Waals surface area contributed by atoms with E-state index in [2.05, 4.69) is 0 Å². The van der Waals surface area contributed by atoms with Crippen LogP contribution in [0.3, 0.4) is 0 Å². The molecule has 18 heavy (non-hydrogen) atoms. The molecule has 0 heterocycles. The number of nitrogens with two attached hydrogens (primary N) is 1. The van der Waals surface area contributed by atoms with Gasteiger partial charge in [-0.25, -0.2) is 4.39 Å². The van der Waals surface area contributed by atoms with E-state index in [1.54, 1.807) is 13.0 Å². The summed E-state index contributed by atoms with van der Waals surface area (Å²) >= 11 is 0. The third-order valence-corrected chi connectivity index (χ3v) is 2.84. The maximum atomic E-state index is 13.5. The first-order chi connectivity index (χ1) is 8.56. The number of benzene rings is 1. The normalized spacial score (nSPS) is 12.5. The fourth-order valence-electron chi connectivity index (χ4n) is 1.72. The fourth-order valence-corrected chi connectivity index (χ4v) is 1.72. The van der Waals surface area contributed by atoms with Gasteiger partial charge in [-0.15, -0.1) is 0 Å². The molecular formula is C14H22FNO2. The maximum absolute atomic E-state index is 13.5. The molecule has 102 valence electrons. The molecular weight excluding hydrogens is 233 g/mol. The third kappa shape index (κ3) is 4.27. The highest BCUT2D eigenvalue weighted by atomic mass is 19.1. The molecule has 1 unspecified atom stereocenters. The number of aryl methyl sites for hydroxylation is 1. The molecule has 1 aromatic rings. The van der Waals surface area contributed by atoms with Crippen LogP contribution < -0.4 is 10.5 Å². The molecule has 0 radical (unpaired) electrons. The third-order valence-electron chi connectivity index (χ3n) is 2.84. The zero-order chi connectivity index (χ0) is 13.5. The molecule has 4 heteroatoms. The zero-order valence-electron chi connectivity index (χ0n) is 11.1. The summed E-state index contributed by atoms with van der Waals surface area (Å²) in [7, 11) is 0. The highest BCUT2D eigenvalue weighted by Crippen LogP contribution is 2.27. The van der Waals surface area contributed by atoms with Crippen molar-refractivity contribution in [2.75, 3.05) is 13.2 Å². The van der Waals surface area contributed by atoms with Crippen LogP contribution in [0.2, 0.25) is 0 Å². The van der Waals surface area contributed by atoms with Crippen LogP contribution in [0.25, 0.3) is 0 Å². The highest BCUT2D eigenvalue weighted by molar-refractivity contribution is 5.39. The van der Waals surface area contributed by atoms with Gasteiger partial charge in [0.15, 0.2) is 0 Å². The predicted octanol–water partition coefficient (Wildman–Crippen LogP) is 2.70. The predicted molar refractivity (Wildman–Crippen MR) is 70.2 cm³/mol. The Labute approximate surface area is 108 Å². The minimum atomic E-state index is -0.257. The van der Waals surface area contributed by atoms with E-state index >= 15 is 0 Å². The van der Waals surface area contributed by atoms with Crippen molar-refractivity contribution < 1.29 is 14.2 Å². The fraction of sp³-hybridized carbons (Fsp3) is 0.571. The number of hydrogen-bond donors (Lipinski definition) is 2. The lowest BCUT2D eigenvalue weighted by Crippen LogP contribution is -2.10. The molecule has 0 aromatic heterocycles. The van der Waals surface area contributed by atoms with Crippen LogP contribution in [-0.4, -0.2) is 18.3 Å². The molecule has 0 saturated heterocycles. The first kappa shape index (κ1) is 14.9. The average Bonchev–Trinajstić information content (AvgIpc) is 2.32. The number of ether oxygens (including phenoxy) is 1. The maximum Gasteiger partial charge on any atom is 0.126 e. The van der Waals surface area contributed by atoms with Gasteiger partial charge in [0.05, 0.1) is 6.61 Å². The second-order valence-electron chi connectivity index (χ2n) is 4.56. The van der Waals surface area contributed by atoms with Gasteiger partial charge in [-0.1, -0.05) is 0 Å². The van der Waals surface area contributed by atoms with Crippen molar-refractivity contribution in [2.45, 2.75) is 39.2 Å². The Balaban J connectivity index is 2.65. The molecule has 0 fully saturated rings. The second-order valence-corrected chi connectivity index (χ2v) is 4.56. The summed E-state index contributed by atoms with van der Waals surface area (Å²) in [5.74, 6) is 0.405. The van der Waals surface area contributed by atoms with Crippen molar-refractivity contribution in [3.8, 4) is 5.75 Å². The summed E-state index contributed by atoms with van der Waals surface area (Å²) in [6.07, 6.45) is 2.57. The van der Waals surface area contributed by atoms with Crippen LogP contribution in [0, 0.1) is 12.7 Å². The van der Waals surface area contributed by atoms with Crippen molar-refractivity contribution in [3.63, 3.8) is 0 Å². The lowest BCUT2D eigenvalue weighted by molar-refractivity contribution is 0.264. The quantitative estimate of drug-likeness (QED) is 0.736. The Kier molecular flexibility index (Phi) is 6.09. The largest absolute Gasteiger partial charge is 0.493 e. The van der Waals surface area contributed by atoms with E-state index in [4.69, 9.17) is 15.6 Å². The lowest BCUT2D eigenvalue weighted by atomic mass is 10.1. The zero-order valence-corrected chi connectivity index (χ0v) is 11.1. The molecule has 0 aliphatic carbocycles. The van der Waals surface area contributed by atoms with E-state index in [1.165, 1.54) is 6.07 Å². The van der Waals surface area contributed by atoms with Crippen LogP contribution in [0.5, 0.6) is 5.75 Å². The lowest BCUT2D eigenvalue weighted by Gasteiger charge is -2.15. The van der Waals surface area contributed by atoms with E-state index in [1.807, 2.05) is 6.92 Å². The van der Waals surface area contributed by atoms with Crippen LogP contribution in [0.1, 0.15) is 43.4 Å². The SMILES string of the molecule is Cc1cc(OCCCCCO)c(C(C)N)cc1F. The molecule has 3 N–H and O–H groups in total.